The maximum Gasteiger partial charge on any atom is 0.140 e. The topological polar surface area (TPSA) is 29.0 Å². The fraction of sp³-hybridized carbons (Fsp3) is 0.429. The fourth-order valence-electron chi connectivity index (χ4n) is 3.45. The van der Waals surface area contributed by atoms with Crippen LogP contribution in [0.15, 0.2) is 30.6 Å². The van der Waals surface area contributed by atoms with Gasteiger partial charge < -0.3 is 4.90 Å². The summed E-state index contributed by atoms with van der Waals surface area (Å²) in [6.07, 6.45) is 7.05. The van der Waals surface area contributed by atoms with Gasteiger partial charge in [-0.05, 0) is 37.8 Å². The van der Waals surface area contributed by atoms with Crippen LogP contribution in [-0.2, 0) is 0 Å². The Morgan fingerprint density at radius 3 is 2.41 bits per heavy atom. The van der Waals surface area contributed by atoms with Crippen molar-refractivity contribution in [2.45, 2.75) is 37.8 Å². The highest BCUT2D eigenvalue weighted by Gasteiger charge is 2.40. The number of para-hydroxylation sites is 1. The summed E-state index contributed by atoms with van der Waals surface area (Å²) in [4.78, 5) is 11.4. The van der Waals surface area contributed by atoms with Gasteiger partial charge in [-0.3, -0.25) is 0 Å². The number of nitrogens with zero attached hydrogens (tertiary/aromatic N) is 3. The first-order valence-electron chi connectivity index (χ1n) is 6.41. The van der Waals surface area contributed by atoms with E-state index in [0.29, 0.717) is 0 Å². The Morgan fingerprint density at radius 1 is 0.941 bits per heavy atom. The number of rotatable bonds is 1. The standard InChI is InChI=1S/C14H15N3/c1-2-4-13-12(3-1)14(16-9-15-13)17-10-5-6-11(17)8-7-10/h1-4,9-11H,5-8H2. The molecule has 2 fully saturated rings. The van der Waals surface area contributed by atoms with Crippen LogP contribution in [0.25, 0.3) is 10.9 Å². The van der Waals surface area contributed by atoms with E-state index in [1.54, 1.807) is 6.33 Å². The normalized spacial score (nSPS) is 26.9. The average molecular weight is 225 g/mol. The van der Waals surface area contributed by atoms with E-state index in [9.17, 15) is 0 Å². The van der Waals surface area contributed by atoms with E-state index in [0.717, 1.165) is 23.4 Å². The largest absolute Gasteiger partial charge is 0.350 e. The van der Waals surface area contributed by atoms with Crippen molar-refractivity contribution in [3.8, 4) is 0 Å². The maximum absolute atomic E-state index is 4.54. The number of anilines is 1. The molecule has 0 spiro atoms. The monoisotopic (exact) mass is 225 g/mol. The average Bonchev–Trinajstić information content (AvgIpc) is 2.98. The Labute approximate surface area is 100 Å². The summed E-state index contributed by atoms with van der Waals surface area (Å²) >= 11 is 0. The summed E-state index contributed by atoms with van der Waals surface area (Å²) in [5.41, 5.74) is 1.06. The molecular formula is C14H15N3. The van der Waals surface area contributed by atoms with Gasteiger partial charge in [0.25, 0.3) is 0 Å². The molecule has 2 aliphatic rings. The summed E-state index contributed by atoms with van der Waals surface area (Å²) in [5, 5.41) is 1.20. The Bertz CT molecular complexity index is 541. The highest BCUT2D eigenvalue weighted by Crippen LogP contribution is 2.41. The third-order valence-electron chi connectivity index (χ3n) is 4.22. The minimum absolute atomic E-state index is 0.721. The summed E-state index contributed by atoms with van der Waals surface area (Å²) in [6, 6.07) is 9.77. The SMILES string of the molecule is c1ccc2c(N3C4CCC3CC4)ncnc2c1. The van der Waals surface area contributed by atoms with E-state index >= 15 is 0 Å². The molecule has 2 aliphatic heterocycles. The van der Waals surface area contributed by atoms with Crippen molar-refractivity contribution in [2.75, 3.05) is 4.90 Å². The van der Waals surface area contributed by atoms with Crippen molar-refractivity contribution >= 4 is 16.7 Å². The molecule has 86 valence electrons. The van der Waals surface area contributed by atoms with Gasteiger partial charge in [-0.1, -0.05) is 12.1 Å². The second kappa shape index (κ2) is 3.42. The predicted molar refractivity (Wildman–Crippen MR) is 68.1 cm³/mol. The van der Waals surface area contributed by atoms with Crippen LogP contribution >= 0.6 is 0 Å². The minimum atomic E-state index is 0.721. The molecule has 0 aliphatic carbocycles. The molecule has 17 heavy (non-hydrogen) atoms. The van der Waals surface area contributed by atoms with Gasteiger partial charge in [-0.15, -0.1) is 0 Å². The van der Waals surface area contributed by atoms with Gasteiger partial charge in [-0.25, -0.2) is 9.97 Å². The van der Waals surface area contributed by atoms with Gasteiger partial charge in [0.1, 0.15) is 12.1 Å². The summed E-state index contributed by atoms with van der Waals surface area (Å²) in [7, 11) is 0. The van der Waals surface area contributed by atoms with Crippen LogP contribution in [0.4, 0.5) is 5.82 Å². The smallest absolute Gasteiger partial charge is 0.140 e. The second-order valence-electron chi connectivity index (χ2n) is 5.08. The van der Waals surface area contributed by atoms with Crippen molar-refractivity contribution in [1.29, 1.82) is 0 Å². The minimum Gasteiger partial charge on any atom is -0.350 e. The number of aromatic nitrogens is 2. The third kappa shape index (κ3) is 1.28. The Balaban J connectivity index is 1.91. The van der Waals surface area contributed by atoms with E-state index < -0.39 is 0 Å². The number of fused-ring (bicyclic) bond motifs is 3. The molecule has 0 saturated carbocycles. The highest BCUT2D eigenvalue weighted by molar-refractivity contribution is 5.89. The first-order chi connectivity index (χ1) is 8.43. The zero-order chi connectivity index (χ0) is 11.2. The van der Waals surface area contributed by atoms with E-state index in [4.69, 9.17) is 0 Å². The number of hydrogen-bond donors (Lipinski definition) is 0. The van der Waals surface area contributed by atoms with Crippen LogP contribution in [0.3, 0.4) is 0 Å². The number of hydrogen-bond acceptors (Lipinski definition) is 3. The lowest BCUT2D eigenvalue weighted by atomic mass is 10.0. The Hall–Kier alpha value is -1.64. The zero-order valence-corrected chi connectivity index (χ0v) is 9.71. The Morgan fingerprint density at radius 2 is 1.65 bits per heavy atom. The van der Waals surface area contributed by atoms with Crippen molar-refractivity contribution < 1.29 is 0 Å². The fourth-order valence-corrected chi connectivity index (χ4v) is 3.45. The van der Waals surface area contributed by atoms with Gasteiger partial charge in [-0.2, -0.15) is 0 Å². The molecule has 1 aromatic carbocycles. The zero-order valence-electron chi connectivity index (χ0n) is 9.71. The van der Waals surface area contributed by atoms with Gasteiger partial charge in [0.15, 0.2) is 0 Å². The highest BCUT2D eigenvalue weighted by atomic mass is 15.3. The summed E-state index contributed by atoms with van der Waals surface area (Å²) in [5.74, 6) is 1.15. The molecule has 1 aromatic heterocycles. The predicted octanol–water partition coefficient (Wildman–Crippen LogP) is 2.76. The van der Waals surface area contributed by atoms with Gasteiger partial charge >= 0.3 is 0 Å². The van der Waals surface area contributed by atoms with Gasteiger partial charge in [0.2, 0.25) is 0 Å². The molecule has 3 heteroatoms. The molecule has 0 unspecified atom stereocenters. The molecule has 3 heterocycles. The summed E-state index contributed by atoms with van der Waals surface area (Å²) in [6.45, 7) is 0. The van der Waals surface area contributed by atoms with Gasteiger partial charge in [0, 0.05) is 17.5 Å². The van der Waals surface area contributed by atoms with E-state index in [2.05, 4.69) is 33.1 Å². The van der Waals surface area contributed by atoms with Crippen LogP contribution < -0.4 is 4.90 Å². The molecule has 0 radical (unpaired) electrons. The molecule has 0 N–H and O–H groups in total. The molecule has 4 rings (SSSR count). The first kappa shape index (κ1) is 9.40. The van der Waals surface area contributed by atoms with Crippen LogP contribution in [0.5, 0.6) is 0 Å². The summed E-state index contributed by atoms with van der Waals surface area (Å²) < 4.78 is 0. The maximum atomic E-state index is 4.54. The molecule has 0 amide bonds. The quantitative estimate of drug-likeness (QED) is 0.747. The molecular weight excluding hydrogens is 210 g/mol. The second-order valence-corrected chi connectivity index (χ2v) is 5.08. The van der Waals surface area contributed by atoms with Crippen LogP contribution in [0, 0.1) is 0 Å². The van der Waals surface area contributed by atoms with E-state index in [1.165, 1.54) is 31.1 Å². The van der Waals surface area contributed by atoms with Crippen molar-refractivity contribution in [3.05, 3.63) is 30.6 Å². The molecule has 2 aromatic rings. The van der Waals surface area contributed by atoms with Crippen LogP contribution in [-0.4, -0.2) is 22.1 Å². The van der Waals surface area contributed by atoms with E-state index in [1.807, 2.05) is 6.07 Å². The van der Waals surface area contributed by atoms with Crippen molar-refractivity contribution in [1.82, 2.24) is 9.97 Å². The lowest BCUT2D eigenvalue weighted by Gasteiger charge is -2.24. The Kier molecular flexibility index (Phi) is 1.89. The molecule has 3 nitrogen and oxygen atoms in total. The number of benzene rings is 1. The van der Waals surface area contributed by atoms with Crippen LogP contribution in [0.1, 0.15) is 25.7 Å². The van der Waals surface area contributed by atoms with E-state index in [-0.39, 0.29) is 0 Å². The lowest BCUT2D eigenvalue weighted by Crippen LogP contribution is -2.29. The van der Waals surface area contributed by atoms with Crippen LogP contribution in [0.2, 0.25) is 0 Å². The van der Waals surface area contributed by atoms with Crippen molar-refractivity contribution in [3.63, 3.8) is 0 Å². The molecule has 2 saturated heterocycles. The third-order valence-corrected chi connectivity index (χ3v) is 4.22. The lowest BCUT2D eigenvalue weighted by molar-refractivity contribution is 0.576. The molecule has 0 atom stereocenters. The van der Waals surface area contributed by atoms with Gasteiger partial charge in [0.05, 0.1) is 5.52 Å². The van der Waals surface area contributed by atoms with Crippen molar-refractivity contribution in [2.24, 2.45) is 0 Å². The molecule has 2 bridgehead atoms. The first-order valence-corrected chi connectivity index (χ1v) is 6.41.